The summed E-state index contributed by atoms with van der Waals surface area (Å²) in [6.07, 6.45) is 0. The number of nitrogens with one attached hydrogen (secondary N) is 2. The van der Waals surface area contributed by atoms with Gasteiger partial charge in [-0.1, -0.05) is 0 Å². The number of ether oxygens (including phenoxy) is 2. The molecular formula is C19H22N2O4. The fraction of sp³-hybridized carbons (Fsp3) is 0.263. The number of hydrogen-bond acceptors (Lipinski definition) is 5. The first-order valence-electron chi connectivity index (χ1n) is 7.84. The highest BCUT2D eigenvalue weighted by molar-refractivity contribution is 5.98. The molecule has 0 aliphatic rings. The molecule has 0 saturated carbocycles. The zero-order valence-corrected chi connectivity index (χ0v) is 14.8. The molecule has 2 N–H and O–H groups in total. The van der Waals surface area contributed by atoms with Gasteiger partial charge in [0.15, 0.2) is 5.78 Å². The van der Waals surface area contributed by atoms with Crippen LogP contribution in [0, 0.1) is 0 Å². The van der Waals surface area contributed by atoms with Crippen LogP contribution in [0.4, 0.5) is 11.4 Å². The van der Waals surface area contributed by atoms with E-state index in [1.54, 1.807) is 63.6 Å². The Balaban J connectivity index is 2.03. The second-order valence-electron chi connectivity index (χ2n) is 5.59. The zero-order chi connectivity index (χ0) is 18.4. The van der Waals surface area contributed by atoms with E-state index in [4.69, 9.17) is 9.47 Å². The lowest BCUT2D eigenvalue weighted by molar-refractivity contribution is -0.116. The van der Waals surface area contributed by atoms with Crippen LogP contribution in [0.1, 0.15) is 24.2 Å². The summed E-state index contributed by atoms with van der Waals surface area (Å²) in [6.45, 7) is 3.26. The maximum Gasteiger partial charge on any atom is 0.246 e. The predicted octanol–water partition coefficient (Wildman–Crippen LogP) is 3.35. The molecule has 0 heterocycles. The Morgan fingerprint density at radius 2 is 1.48 bits per heavy atom. The van der Waals surface area contributed by atoms with E-state index in [0.29, 0.717) is 28.4 Å². The summed E-state index contributed by atoms with van der Waals surface area (Å²) in [5.41, 5.74) is 1.95. The van der Waals surface area contributed by atoms with E-state index in [1.807, 2.05) is 0 Å². The van der Waals surface area contributed by atoms with E-state index < -0.39 is 6.04 Å². The molecule has 0 radical (unpaired) electrons. The number of carbonyl (C=O) groups is 2. The van der Waals surface area contributed by atoms with E-state index in [1.165, 1.54) is 6.92 Å². The molecule has 2 rings (SSSR count). The molecular weight excluding hydrogens is 320 g/mol. The van der Waals surface area contributed by atoms with Crippen molar-refractivity contribution in [2.75, 3.05) is 24.9 Å². The number of hydrogen-bond donors (Lipinski definition) is 2. The lowest BCUT2D eigenvalue weighted by Gasteiger charge is -2.17. The summed E-state index contributed by atoms with van der Waals surface area (Å²) in [5.74, 6) is 1.06. The number of benzene rings is 2. The fourth-order valence-electron chi connectivity index (χ4n) is 2.25. The number of ketones is 1. The maximum absolute atomic E-state index is 12.3. The van der Waals surface area contributed by atoms with Crippen molar-refractivity contribution in [3.63, 3.8) is 0 Å². The standard InChI is InChI=1S/C19H22N2O4/c1-12(20-16-9-17(24-3)11-18(10-16)25-4)19(23)21-15-7-5-14(6-8-15)13(2)22/h5-12,20H,1-4H3,(H,21,23)/t12-/m0/s1. The van der Waals surface area contributed by atoms with Gasteiger partial charge in [-0.05, 0) is 38.1 Å². The first-order chi connectivity index (χ1) is 11.9. The smallest absolute Gasteiger partial charge is 0.246 e. The SMILES string of the molecule is COc1cc(N[C@@H](C)C(=O)Nc2ccc(C(C)=O)cc2)cc(OC)c1. The highest BCUT2D eigenvalue weighted by Gasteiger charge is 2.14. The molecule has 0 aromatic heterocycles. The van der Waals surface area contributed by atoms with E-state index in [-0.39, 0.29) is 11.7 Å². The molecule has 1 amide bonds. The summed E-state index contributed by atoms with van der Waals surface area (Å²) in [4.78, 5) is 23.6. The molecule has 25 heavy (non-hydrogen) atoms. The van der Waals surface area contributed by atoms with E-state index in [0.717, 1.165) is 0 Å². The van der Waals surface area contributed by atoms with Crippen LogP contribution in [-0.4, -0.2) is 32.0 Å². The molecule has 0 fully saturated rings. The third kappa shape index (κ3) is 4.97. The number of amides is 1. The minimum Gasteiger partial charge on any atom is -0.497 e. The molecule has 6 heteroatoms. The van der Waals surface area contributed by atoms with Crippen molar-refractivity contribution in [1.82, 2.24) is 0 Å². The lowest BCUT2D eigenvalue weighted by Crippen LogP contribution is -2.31. The fourth-order valence-corrected chi connectivity index (χ4v) is 2.25. The number of rotatable bonds is 7. The van der Waals surface area contributed by atoms with E-state index in [2.05, 4.69) is 10.6 Å². The number of Topliss-reactive ketones (excluding diaryl/α,β-unsaturated/α-hetero) is 1. The molecule has 0 aliphatic heterocycles. The van der Waals surface area contributed by atoms with E-state index in [9.17, 15) is 9.59 Å². The number of methoxy groups -OCH3 is 2. The van der Waals surface area contributed by atoms with Gasteiger partial charge in [-0.3, -0.25) is 9.59 Å². The van der Waals surface area contributed by atoms with Crippen molar-refractivity contribution >= 4 is 23.1 Å². The van der Waals surface area contributed by atoms with E-state index >= 15 is 0 Å². The normalized spacial score (nSPS) is 11.4. The van der Waals surface area contributed by atoms with Crippen LogP contribution in [0.25, 0.3) is 0 Å². The van der Waals surface area contributed by atoms with Crippen molar-refractivity contribution in [1.29, 1.82) is 0 Å². The minimum absolute atomic E-state index is 0.0140. The third-order valence-corrected chi connectivity index (χ3v) is 3.69. The van der Waals surface area contributed by atoms with Gasteiger partial charge in [-0.15, -0.1) is 0 Å². The van der Waals surface area contributed by atoms with Gasteiger partial charge in [0.1, 0.15) is 17.5 Å². The Kier molecular flexibility index (Phi) is 6.00. The molecule has 2 aromatic carbocycles. The van der Waals surface area contributed by atoms with Crippen LogP contribution in [0.15, 0.2) is 42.5 Å². The zero-order valence-electron chi connectivity index (χ0n) is 14.8. The molecule has 0 bridgehead atoms. The number of carbonyl (C=O) groups excluding carboxylic acids is 2. The molecule has 1 atom stereocenters. The average molecular weight is 342 g/mol. The van der Waals surface area contributed by atoms with Crippen LogP contribution in [0.2, 0.25) is 0 Å². The lowest BCUT2D eigenvalue weighted by atomic mass is 10.1. The van der Waals surface area contributed by atoms with Gasteiger partial charge in [0, 0.05) is 35.1 Å². The largest absolute Gasteiger partial charge is 0.497 e. The van der Waals surface area contributed by atoms with Gasteiger partial charge in [-0.25, -0.2) is 0 Å². The van der Waals surface area contributed by atoms with Crippen LogP contribution in [0.5, 0.6) is 11.5 Å². The quantitative estimate of drug-likeness (QED) is 0.755. The molecule has 2 aromatic rings. The van der Waals surface area contributed by atoms with Gasteiger partial charge in [-0.2, -0.15) is 0 Å². The molecule has 0 aliphatic carbocycles. The summed E-state index contributed by atoms with van der Waals surface area (Å²) < 4.78 is 10.4. The average Bonchev–Trinajstić information content (AvgIpc) is 2.61. The second-order valence-corrected chi connectivity index (χ2v) is 5.59. The van der Waals surface area contributed by atoms with Crippen molar-refractivity contribution in [2.24, 2.45) is 0 Å². The van der Waals surface area contributed by atoms with Crippen molar-refractivity contribution < 1.29 is 19.1 Å². The molecule has 132 valence electrons. The van der Waals surface area contributed by atoms with Crippen molar-refractivity contribution in [2.45, 2.75) is 19.9 Å². The summed E-state index contributed by atoms with van der Waals surface area (Å²) in [6, 6.07) is 11.6. The Hall–Kier alpha value is -3.02. The van der Waals surface area contributed by atoms with Crippen LogP contribution in [-0.2, 0) is 4.79 Å². The second kappa shape index (κ2) is 8.19. The Bertz CT molecular complexity index is 734. The van der Waals surface area contributed by atoms with Crippen LogP contribution < -0.4 is 20.1 Å². The monoisotopic (exact) mass is 342 g/mol. The summed E-state index contributed by atoms with van der Waals surface area (Å²) in [5, 5.41) is 5.92. The first-order valence-corrected chi connectivity index (χ1v) is 7.84. The van der Waals surface area contributed by atoms with Gasteiger partial charge >= 0.3 is 0 Å². The highest BCUT2D eigenvalue weighted by atomic mass is 16.5. The van der Waals surface area contributed by atoms with Gasteiger partial charge < -0.3 is 20.1 Å². The Labute approximate surface area is 147 Å². The van der Waals surface area contributed by atoms with Gasteiger partial charge in [0.05, 0.1) is 14.2 Å². The first kappa shape index (κ1) is 18.3. The predicted molar refractivity (Wildman–Crippen MR) is 97.7 cm³/mol. The molecule has 6 nitrogen and oxygen atoms in total. The summed E-state index contributed by atoms with van der Waals surface area (Å²) >= 11 is 0. The Morgan fingerprint density at radius 3 is 1.96 bits per heavy atom. The maximum atomic E-state index is 12.3. The minimum atomic E-state index is -0.482. The molecule has 0 saturated heterocycles. The topological polar surface area (TPSA) is 76.7 Å². The van der Waals surface area contributed by atoms with Crippen LogP contribution in [0.3, 0.4) is 0 Å². The molecule has 0 unspecified atom stereocenters. The van der Waals surface area contributed by atoms with Crippen molar-refractivity contribution in [3.8, 4) is 11.5 Å². The number of anilines is 2. The van der Waals surface area contributed by atoms with Crippen molar-refractivity contribution in [3.05, 3.63) is 48.0 Å². The third-order valence-electron chi connectivity index (χ3n) is 3.69. The summed E-state index contributed by atoms with van der Waals surface area (Å²) in [7, 11) is 3.14. The Morgan fingerprint density at radius 1 is 0.920 bits per heavy atom. The van der Waals surface area contributed by atoms with Gasteiger partial charge in [0.25, 0.3) is 0 Å². The van der Waals surface area contributed by atoms with Crippen LogP contribution >= 0.6 is 0 Å². The van der Waals surface area contributed by atoms with Gasteiger partial charge in [0.2, 0.25) is 5.91 Å². The highest BCUT2D eigenvalue weighted by Crippen LogP contribution is 2.26. The molecule has 0 spiro atoms.